The summed E-state index contributed by atoms with van der Waals surface area (Å²) in [5.41, 5.74) is 1.55. The lowest BCUT2D eigenvalue weighted by atomic mass is 10.1. The van der Waals surface area contributed by atoms with Gasteiger partial charge in [0.1, 0.15) is 0 Å². The van der Waals surface area contributed by atoms with Crippen LogP contribution in [-0.4, -0.2) is 34.6 Å². The second kappa shape index (κ2) is 6.19. The van der Waals surface area contributed by atoms with Gasteiger partial charge in [-0.2, -0.15) is 0 Å². The van der Waals surface area contributed by atoms with Crippen molar-refractivity contribution in [1.29, 1.82) is 0 Å². The number of nitrogens with one attached hydrogen (secondary N) is 3. The van der Waals surface area contributed by atoms with Gasteiger partial charge in [-0.3, -0.25) is 9.59 Å². The third kappa shape index (κ3) is 3.28. The predicted molar refractivity (Wildman–Crippen MR) is 83.3 cm³/mol. The van der Waals surface area contributed by atoms with Crippen molar-refractivity contribution >= 4 is 28.4 Å². The van der Waals surface area contributed by atoms with Crippen LogP contribution < -0.4 is 10.6 Å². The first-order valence-corrected chi connectivity index (χ1v) is 7.47. The van der Waals surface area contributed by atoms with Gasteiger partial charge in [0.05, 0.1) is 0 Å². The minimum Gasteiger partial charge on any atom is -0.396 e. The first-order chi connectivity index (χ1) is 10.7. The number of aliphatic hydroxyl groups is 1. The molecule has 4 N–H and O–H groups in total. The highest BCUT2D eigenvalue weighted by atomic mass is 16.3. The third-order valence-corrected chi connectivity index (χ3v) is 3.97. The van der Waals surface area contributed by atoms with Gasteiger partial charge in [-0.15, -0.1) is 0 Å². The second-order valence-electron chi connectivity index (χ2n) is 5.66. The molecule has 0 aliphatic heterocycles. The molecule has 0 saturated heterocycles. The Morgan fingerprint density at radius 1 is 1.27 bits per heavy atom. The van der Waals surface area contributed by atoms with Gasteiger partial charge < -0.3 is 20.7 Å². The summed E-state index contributed by atoms with van der Waals surface area (Å²) in [7, 11) is 0. The van der Waals surface area contributed by atoms with Crippen LogP contribution in [0.4, 0.5) is 5.69 Å². The number of H-pyrrole nitrogens is 1. The lowest BCUT2D eigenvalue weighted by Crippen LogP contribution is -2.43. The summed E-state index contributed by atoms with van der Waals surface area (Å²) in [6.07, 6.45) is 4.38. The third-order valence-electron chi connectivity index (χ3n) is 3.97. The number of carbonyl (C=O) groups excluding carboxylic acids is 2. The number of amides is 2. The van der Waals surface area contributed by atoms with Crippen molar-refractivity contribution in [3.8, 4) is 0 Å². The van der Waals surface area contributed by atoms with E-state index >= 15 is 0 Å². The highest BCUT2D eigenvalue weighted by Gasteiger charge is 2.32. The molecule has 1 atom stereocenters. The fraction of sp³-hybridized carbons (Fsp3) is 0.375. The average molecular weight is 301 g/mol. The van der Waals surface area contributed by atoms with Crippen molar-refractivity contribution in [2.75, 3.05) is 11.9 Å². The van der Waals surface area contributed by atoms with Gasteiger partial charge in [-0.05, 0) is 49.4 Å². The van der Waals surface area contributed by atoms with E-state index in [-0.39, 0.29) is 12.6 Å². The average Bonchev–Trinajstić information content (AvgIpc) is 3.25. The number of rotatable bonds is 5. The molecule has 0 radical (unpaired) electrons. The van der Waals surface area contributed by atoms with Crippen LogP contribution in [0.25, 0.3) is 10.9 Å². The van der Waals surface area contributed by atoms with E-state index in [2.05, 4.69) is 15.6 Å². The Hall–Kier alpha value is -2.34. The largest absolute Gasteiger partial charge is 0.396 e. The molecular formula is C16H19N3O3. The molecule has 1 aliphatic carbocycles. The zero-order valence-electron chi connectivity index (χ0n) is 12.1. The standard InChI is InChI=1S/C16H19N3O3/c20-8-6-14(10-1-2-10)19-16(22)15(21)18-12-3-4-13-11(9-12)5-7-17-13/h3-5,7,9-10,14,17,20H,1-2,6,8H2,(H,18,21)(H,19,22). The highest BCUT2D eigenvalue weighted by molar-refractivity contribution is 6.39. The van der Waals surface area contributed by atoms with Crippen LogP contribution in [0.2, 0.25) is 0 Å². The van der Waals surface area contributed by atoms with Crippen molar-refractivity contribution in [3.05, 3.63) is 30.5 Å². The van der Waals surface area contributed by atoms with Crippen LogP contribution in [0.1, 0.15) is 19.3 Å². The minimum atomic E-state index is -0.682. The van der Waals surface area contributed by atoms with Crippen LogP contribution >= 0.6 is 0 Å². The molecule has 1 aliphatic rings. The van der Waals surface area contributed by atoms with E-state index < -0.39 is 11.8 Å². The van der Waals surface area contributed by atoms with Crippen LogP contribution in [0, 0.1) is 5.92 Å². The Kier molecular flexibility index (Phi) is 4.11. The number of aromatic nitrogens is 1. The lowest BCUT2D eigenvalue weighted by Gasteiger charge is -2.16. The molecule has 2 amide bonds. The molecular weight excluding hydrogens is 282 g/mol. The van der Waals surface area contributed by atoms with Crippen LogP contribution in [0.15, 0.2) is 30.5 Å². The quantitative estimate of drug-likeness (QED) is 0.628. The van der Waals surface area contributed by atoms with Gasteiger partial charge >= 0.3 is 11.8 Å². The number of aliphatic hydroxyl groups excluding tert-OH is 1. The summed E-state index contributed by atoms with van der Waals surface area (Å²) in [5, 5.41) is 15.3. The number of aromatic amines is 1. The van der Waals surface area contributed by atoms with E-state index in [0.29, 0.717) is 18.0 Å². The lowest BCUT2D eigenvalue weighted by molar-refractivity contribution is -0.136. The Balaban J connectivity index is 1.61. The van der Waals surface area contributed by atoms with E-state index in [0.717, 1.165) is 23.7 Å². The summed E-state index contributed by atoms with van der Waals surface area (Å²) in [6, 6.07) is 7.19. The summed E-state index contributed by atoms with van der Waals surface area (Å²) < 4.78 is 0. The van der Waals surface area contributed by atoms with Crippen molar-refractivity contribution in [1.82, 2.24) is 10.3 Å². The number of fused-ring (bicyclic) bond motifs is 1. The van der Waals surface area contributed by atoms with Crippen molar-refractivity contribution in [3.63, 3.8) is 0 Å². The van der Waals surface area contributed by atoms with Crippen LogP contribution in [0.5, 0.6) is 0 Å². The maximum absolute atomic E-state index is 12.0. The molecule has 1 aromatic carbocycles. The molecule has 6 nitrogen and oxygen atoms in total. The smallest absolute Gasteiger partial charge is 0.313 e. The number of benzene rings is 1. The van der Waals surface area contributed by atoms with E-state index in [1.807, 2.05) is 24.4 Å². The maximum atomic E-state index is 12.0. The number of carbonyl (C=O) groups is 2. The van der Waals surface area contributed by atoms with Crippen LogP contribution in [-0.2, 0) is 9.59 Å². The molecule has 3 rings (SSSR count). The molecule has 0 spiro atoms. The Bertz CT molecular complexity index is 691. The SMILES string of the molecule is O=C(Nc1ccc2[nH]ccc2c1)C(=O)NC(CCO)C1CC1. The zero-order valence-corrected chi connectivity index (χ0v) is 12.1. The molecule has 0 bridgehead atoms. The Morgan fingerprint density at radius 3 is 2.82 bits per heavy atom. The van der Waals surface area contributed by atoms with Gasteiger partial charge in [-0.25, -0.2) is 0 Å². The van der Waals surface area contributed by atoms with Crippen molar-refractivity contribution in [2.45, 2.75) is 25.3 Å². The van der Waals surface area contributed by atoms with E-state index in [1.54, 1.807) is 6.07 Å². The second-order valence-corrected chi connectivity index (χ2v) is 5.66. The monoisotopic (exact) mass is 301 g/mol. The minimum absolute atomic E-state index is 0.00717. The summed E-state index contributed by atoms with van der Waals surface area (Å²) >= 11 is 0. The summed E-state index contributed by atoms with van der Waals surface area (Å²) in [4.78, 5) is 27.0. The molecule has 1 heterocycles. The number of hydrogen-bond donors (Lipinski definition) is 4. The fourth-order valence-electron chi connectivity index (χ4n) is 2.62. The van der Waals surface area contributed by atoms with Gasteiger partial charge in [0.2, 0.25) is 0 Å². The van der Waals surface area contributed by atoms with E-state index in [1.165, 1.54) is 0 Å². The van der Waals surface area contributed by atoms with E-state index in [4.69, 9.17) is 5.11 Å². The first-order valence-electron chi connectivity index (χ1n) is 7.47. The predicted octanol–water partition coefficient (Wildman–Crippen LogP) is 1.38. The van der Waals surface area contributed by atoms with Gasteiger partial charge in [-0.1, -0.05) is 0 Å². The van der Waals surface area contributed by atoms with Crippen LogP contribution in [0.3, 0.4) is 0 Å². The highest BCUT2D eigenvalue weighted by Crippen LogP contribution is 2.33. The summed E-state index contributed by atoms with van der Waals surface area (Å²) in [5.74, 6) is -0.946. The molecule has 1 aromatic heterocycles. The fourth-order valence-corrected chi connectivity index (χ4v) is 2.62. The molecule has 6 heteroatoms. The summed E-state index contributed by atoms with van der Waals surface area (Å²) in [6.45, 7) is 0.00717. The molecule has 116 valence electrons. The van der Waals surface area contributed by atoms with E-state index in [9.17, 15) is 9.59 Å². The molecule has 1 fully saturated rings. The normalized spacial score (nSPS) is 15.5. The zero-order chi connectivity index (χ0) is 15.5. The number of hydrogen-bond acceptors (Lipinski definition) is 3. The topological polar surface area (TPSA) is 94.2 Å². The van der Waals surface area contributed by atoms with Crippen molar-refractivity contribution < 1.29 is 14.7 Å². The molecule has 2 aromatic rings. The van der Waals surface area contributed by atoms with Gasteiger partial charge in [0.25, 0.3) is 0 Å². The Labute approximate surface area is 127 Å². The molecule has 22 heavy (non-hydrogen) atoms. The van der Waals surface area contributed by atoms with Crippen molar-refractivity contribution in [2.24, 2.45) is 5.92 Å². The molecule has 1 unspecified atom stereocenters. The maximum Gasteiger partial charge on any atom is 0.313 e. The van der Waals surface area contributed by atoms with Gasteiger partial charge in [0, 0.05) is 35.4 Å². The molecule has 1 saturated carbocycles. The first kappa shape index (κ1) is 14.6. The van der Waals surface area contributed by atoms with Gasteiger partial charge in [0.15, 0.2) is 0 Å². The number of anilines is 1. The Morgan fingerprint density at radius 2 is 2.09 bits per heavy atom.